The summed E-state index contributed by atoms with van der Waals surface area (Å²) < 4.78 is 5.11. The first kappa shape index (κ1) is 27.2. The summed E-state index contributed by atoms with van der Waals surface area (Å²) in [6.45, 7) is 16.4. The summed E-state index contributed by atoms with van der Waals surface area (Å²) in [7, 11) is 0. The van der Waals surface area contributed by atoms with Crippen LogP contribution in [0.4, 0.5) is 0 Å². The molecule has 0 spiro atoms. The molecule has 0 radical (unpaired) electrons. The Morgan fingerprint density at radius 1 is 1.00 bits per heavy atom. The third-order valence-corrected chi connectivity index (χ3v) is 7.52. The molecule has 9 nitrogen and oxygen atoms in total. The van der Waals surface area contributed by atoms with E-state index in [0.717, 1.165) is 56.1 Å². The number of piperidine rings is 1. The van der Waals surface area contributed by atoms with Gasteiger partial charge in [-0.15, -0.1) is 0 Å². The molecule has 0 aromatic carbocycles. The number of nitrogens with zero attached hydrogens (tertiary/aromatic N) is 3. The first-order chi connectivity index (χ1) is 16.8. The van der Waals surface area contributed by atoms with Crippen molar-refractivity contribution in [1.29, 1.82) is 0 Å². The van der Waals surface area contributed by atoms with Gasteiger partial charge < -0.3 is 24.8 Å². The van der Waals surface area contributed by atoms with Crippen molar-refractivity contribution in [3.63, 3.8) is 0 Å². The van der Waals surface area contributed by atoms with Crippen LogP contribution < -0.4 is 5.32 Å². The molecule has 2 aliphatic rings. The fraction of sp³-hybridized carbons (Fsp3) is 0.731. The molecular weight excluding hydrogens is 446 g/mol. The highest BCUT2D eigenvalue weighted by Crippen LogP contribution is 2.22. The van der Waals surface area contributed by atoms with E-state index in [9.17, 15) is 14.4 Å². The van der Waals surface area contributed by atoms with E-state index in [1.165, 1.54) is 0 Å². The molecule has 0 bridgehead atoms. The highest BCUT2D eigenvalue weighted by molar-refractivity contribution is 5.90. The Labute approximate surface area is 209 Å². The standard InChI is InChI=1S/C26H43N5O4/c1-5-29-15-17-30(18-16-29)14-11-27-25(33)21-9-12-31(13-10-21)23(32)8-7-22-19(3)24(28-20(22)4)26(34)35-6-2/h21,28H,5-18H2,1-4H3,(H,27,33). The smallest absolute Gasteiger partial charge is 0.355 e. The number of aromatic nitrogens is 1. The monoisotopic (exact) mass is 489 g/mol. The fourth-order valence-corrected chi connectivity index (χ4v) is 5.16. The number of carbonyl (C=O) groups excluding carboxylic acids is 3. The van der Waals surface area contributed by atoms with Crippen LogP contribution in [0.3, 0.4) is 0 Å². The van der Waals surface area contributed by atoms with Crippen molar-refractivity contribution in [1.82, 2.24) is 25.0 Å². The van der Waals surface area contributed by atoms with E-state index in [2.05, 4.69) is 27.0 Å². The Morgan fingerprint density at radius 2 is 1.66 bits per heavy atom. The van der Waals surface area contributed by atoms with Crippen molar-refractivity contribution in [2.75, 3.05) is 65.5 Å². The van der Waals surface area contributed by atoms with Crippen LogP contribution in [0.15, 0.2) is 0 Å². The molecule has 0 saturated carbocycles. The third-order valence-electron chi connectivity index (χ3n) is 7.52. The summed E-state index contributed by atoms with van der Waals surface area (Å²) in [6.07, 6.45) is 2.40. The Kier molecular flexibility index (Phi) is 10.2. The van der Waals surface area contributed by atoms with Crippen molar-refractivity contribution in [2.45, 2.75) is 53.4 Å². The number of rotatable bonds is 10. The van der Waals surface area contributed by atoms with Gasteiger partial charge in [0.1, 0.15) is 5.69 Å². The molecule has 196 valence electrons. The summed E-state index contributed by atoms with van der Waals surface area (Å²) in [5.74, 6) is -0.149. The van der Waals surface area contributed by atoms with Crippen molar-refractivity contribution in [3.8, 4) is 0 Å². The Balaban J connectivity index is 1.37. The molecule has 1 aromatic heterocycles. The molecule has 2 N–H and O–H groups in total. The molecule has 0 atom stereocenters. The molecule has 2 aliphatic heterocycles. The maximum Gasteiger partial charge on any atom is 0.355 e. The van der Waals surface area contributed by atoms with Gasteiger partial charge in [0.15, 0.2) is 0 Å². The normalized spacial score (nSPS) is 18.0. The zero-order valence-electron chi connectivity index (χ0n) is 22.0. The number of nitrogens with one attached hydrogen (secondary N) is 2. The summed E-state index contributed by atoms with van der Waals surface area (Å²) in [4.78, 5) is 47.4. The molecular formula is C26H43N5O4. The predicted molar refractivity (Wildman–Crippen MR) is 135 cm³/mol. The summed E-state index contributed by atoms with van der Waals surface area (Å²) in [5, 5.41) is 3.11. The Hall–Kier alpha value is -2.39. The van der Waals surface area contributed by atoms with E-state index in [1.807, 2.05) is 18.7 Å². The zero-order valence-corrected chi connectivity index (χ0v) is 22.0. The van der Waals surface area contributed by atoms with Gasteiger partial charge in [-0.05, 0) is 57.7 Å². The minimum atomic E-state index is -0.356. The lowest BCUT2D eigenvalue weighted by atomic mass is 9.95. The number of carbonyl (C=O) groups is 3. The number of likely N-dealkylation sites (N-methyl/N-ethyl adjacent to an activating group) is 1. The van der Waals surface area contributed by atoms with Gasteiger partial charge in [0, 0.05) is 70.4 Å². The highest BCUT2D eigenvalue weighted by atomic mass is 16.5. The van der Waals surface area contributed by atoms with Crippen LogP contribution in [0, 0.1) is 19.8 Å². The lowest BCUT2D eigenvalue weighted by molar-refractivity contribution is -0.135. The van der Waals surface area contributed by atoms with Crippen molar-refractivity contribution >= 4 is 17.8 Å². The lowest BCUT2D eigenvalue weighted by Crippen LogP contribution is -2.49. The lowest BCUT2D eigenvalue weighted by Gasteiger charge is -2.34. The Morgan fingerprint density at radius 3 is 2.29 bits per heavy atom. The van der Waals surface area contributed by atoms with E-state index in [1.54, 1.807) is 6.92 Å². The fourth-order valence-electron chi connectivity index (χ4n) is 5.16. The van der Waals surface area contributed by atoms with Gasteiger partial charge >= 0.3 is 5.97 Å². The van der Waals surface area contributed by atoms with E-state index in [-0.39, 0.29) is 23.7 Å². The van der Waals surface area contributed by atoms with Crippen LogP contribution in [-0.2, 0) is 20.7 Å². The first-order valence-corrected chi connectivity index (χ1v) is 13.2. The van der Waals surface area contributed by atoms with Crippen LogP contribution in [0.5, 0.6) is 0 Å². The van der Waals surface area contributed by atoms with Gasteiger partial charge in [-0.25, -0.2) is 4.79 Å². The van der Waals surface area contributed by atoms with Crippen molar-refractivity contribution < 1.29 is 19.1 Å². The molecule has 9 heteroatoms. The molecule has 3 heterocycles. The molecule has 2 amide bonds. The molecule has 2 fully saturated rings. The predicted octanol–water partition coefficient (Wildman–Crippen LogP) is 1.73. The number of amides is 2. The van der Waals surface area contributed by atoms with Crippen LogP contribution in [0.1, 0.15) is 60.4 Å². The number of H-pyrrole nitrogens is 1. The number of hydrogen-bond acceptors (Lipinski definition) is 6. The van der Waals surface area contributed by atoms with Crippen LogP contribution in [-0.4, -0.2) is 103 Å². The number of aromatic amines is 1. The summed E-state index contributed by atoms with van der Waals surface area (Å²) in [5.41, 5.74) is 3.24. The van der Waals surface area contributed by atoms with E-state index >= 15 is 0 Å². The topological polar surface area (TPSA) is 98.0 Å². The van der Waals surface area contributed by atoms with Crippen LogP contribution in [0.2, 0.25) is 0 Å². The third kappa shape index (κ3) is 7.30. The van der Waals surface area contributed by atoms with E-state index in [0.29, 0.717) is 57.6 Å². The van der Waals surface area contributed by atoms with Crippen molar-refractivity contribution in [2.24, 2.45) is 5.92 Å². The molecule has 2 saturated heterocycles. The SMILES string of the molecule is CCOC(=O)c1[nH]c(C)c(CCC(=O)N2CCC(C(=O)NCCN3CCN(CC)CC3)CC2)c1C. The van der Waals surface area contributed by atoms with Gasteiger partial charge in [0.05, 0.1) is 6.61 Å². The van der Waals surface area contributed by atoms with Gasteiger partial charge in [-0.1, -0.05) is 6.92 Å². The van der Waals surface area contributed by atoms with Gasteiger partial charge in [0.2, 0.25) is 11.8 Å². The Bertz CT molecular complexity index is 867. The maximum atomic E-state index is 12.8. The largest absolute Gasteiger partial charge is 0.461 e. The average Bonchev–Trinajstić information content (AvgIpc) is 3.16. The molecule has 1 aromatic rings. The number of hydrogen-bond donors (Lipinski definition) is 2. The summed E-state index contributed by atoms with van der Waals surface area (Å²) >= 11 is 0. The average molecular weight is 490 g/mol. The van der Waals surface area contributed by atoms with Gasteiger partial charge in [-0.3, -0.25) is 14.5 Å². The van der Waals surface area contributed by atoms with Crippen LogP contribution >= 0.6 is 0 Å². The van der Waals surface area contributed by atoms with Crippen LogP contribution in [0.25, 0.3) is 0 Å². The van der Waals surface area contributed by atoms with E-state index < -0.39 is 0 Å². The molecule has 35 heavy (non-hydrogen) atoms. The number of aryl methyl sites for hydroxylation is 1. The second-order valence-electron chi connectivity index (χ2n) is 9.67. The highest BCUT2D eigenvalue weighted by Gasteiger charge is 2.28. The second-order valence-corrected chi connectivity index (χ2v) is 9.67. The first-order valence-electron chi connectivity index (χ1n) is 13.2. The molecule has 0 aliphatic carbocycles. The maximum absolute atomic E-state index is 12.8. The van der Waals surface area contributed by atoms with E-state index in [4.69, 9.17) is 4.74 Å². The quantitative estimate of drug-likeness (QED) is 0.486. The number of ether oxygens (including phenoxy) is 1. The minimum Gasteiger partial charge on any atom is -0.461 e. The van der Waals surface area contributed by atoms with Gasteiger partial charge in [-0.2, -0.15) is 0 Å². The number of esters is 1. The second kappa shape index (κ2) is 13.1. The molecule has 0 unspecified atom stereocenters. The minimum absolute atomic E-state index is 0.0164. The number of piperazine rings is 1. The summed E-state index contributed by atoms with van der Waals surface area (Å²) in [6, 6.07) is 0. The molecule has 3 rings (SSSR count). The zero-order chi connectivity index (χ0) is 25.4. The number of likely N-dealkylation sites (tertiary alicyclic amines) is 1. The van der Waals surface area contributed by atoms with Crippen molar-refractivity contribution in [3.05, 3.63) is 22.5 Å². The van der Waals surface area contributed by atoms with Gasteiger partial charge in [0.25, 0.3) is 0 Å².